The van der Waals surface area contributed by atoms with E-state index in [4.69, 9.17) is 0 Å². The fourth-order valence-corrected chi connectivity index (χ4v) is 3.01. The average molecular weight is 267 g/mol. The van der Waals surface area contributed by atoms with Gasteiger partial charge in [0.2, 0.25) is 0 Å². The first kappa shape index (κ1) is 14.6. The quantitative estimate of drug-likeness (QED) is 0.713. The molecule has 2 rings (SSSR count). The van der Waals surface area contributed by atoms with Gasteiger partial charge in [0.05, 0.1) is 0 Å². The van der Waals surface area contributed by atoms with Crippen molar-refractivity contribution in [3.8, 4) is 0 Å². The fraction of sp³-hybridized carbons (Fsp3) is 0.368. The molecule has 0 aromatic heterocycles. The molecule has 0 N–H and O–H groups in total. The van der Waals surface area contributed by atoms with Gasteiger partial charge in [0.15, 0.2) is 0 Å². The highest BCUT2D eigenvalue weighted by Gasteiger charge is 2.15. The maximum atomic E-state index is 2.33. The van der Waals surface area contributed by atoms with E-state index >= 15 is 0 Å². The Labute approximate surface area is 123 Å². The van der Waals surface area contributed by atoms with Crippen molar-refractivity contribution in [3.05, 3.63) is 57.6 Å². The lowest BCUT2D eigenvalue weighted by Crippen LogP contribution is -2.15. The summed E-state index contributed by atoms with van der Waals surface area (Å²) in [4.78, 5) is 2.33. The number of hydrogen-bond donors (Lipinski definition) is 0. The summed E-state index contributed by atoms with van der Waals surface area (Å²) in [7, 11) is 2.17. The number of nitrogens with zero attached hydrogens (tertiary/aromatic N) is 1. The van der Waals surface area contributed by atoms with Crippen LogP contribution in [-0.2, 0) is 0 Å². The van der Waals surface area contributed by atoms with Crippen LogP contribution >= 0.6 is 0 Å². The molecule has 1 heteroatoms. The van der Waals surface area contributed by atoms with Crippen molar-refractivity contribution in [2.24, 2.45) is 0 Å². The van der Waals surface area contributed by atoms with Crippen LogP contribution in [-0.4, -0.2) is 7.05 Å². The highest BCUT2D eigenvalue weighted by atomic mass is 15.1. The molecule has 106 valence electrons. The van der Waals surface area contributed by atoms with Crippen LogP contribution in [0.4, 0.5) is 11.4 Å². The molecule has 0 aliphatic carbocycles. The van der Waals surface area contributed by atoms with E-state index in [0.29, 0.717) is 0 Å². The van der Waals surface area contributed by atoms with Crippen LogP contribution in [0.25, 0.3) is 0 Å². The lowest BCUT2D eigenvalue weighted by Gasteiger charge is -2.27. The standard InChI is InChI=1S/C19H25N/c1-12-9-8-10-18(16(12)5)20(7)19-14(3)11-13(2)15(4)17(19)6/h8-11H,1-7H3. The SMILES string of the molecule is Cc1cccc(N(C)c2c(C)cc(C)c(C)c2C)c1C. The van der Waals surface area contributed by atoms with Gasteiger partial charge in [-0.2, -0.15) is 0 Å². The molecule has 0 amide bonds. The van der Waals surface area contributed by atoms with Crippen LogP contribution in [0.3, 0.4) is 0 Å². The van der Waals surface area contributed by atoms with Gasteiger partial charge in [0, 0.05) is 18.4 Å². The van der Waals surface area contributed by atoms with E-state index in [2.05, 4.69) is 77.8 Å². The Morgan fingerprint density at radius 1 is 0.700 bits per heavy atom. The number of hydrogen-bond acceptors (Lipinski definition) is 1. The molecule has 0 unspecified atom stereocenters. The van der Waals surface area contributed by atoms with Crippen LogP contribution in [0.2, 0.25) is 0 Å². The molecule has 0 bridgehead atoms. The third-order valence-corrected chi connectivity index (χ3v) is 4.59. The Morgan fingerprint density at radius 3 is 2.00 bits per heavy atom. The first-order chi connectivity index (χ1) is 9.34. The molecule has 1 nitrogen and oxygen atoms in total. The van der Waals surface area contributed by atoms with Crippen LogP contribution in [0.15, 0.2) is 24.3 Å². The van der Waals surface area contributed by atoms with Crippen LogP contribution in [0.5, 0.6) is 0 Å². The summed E-state index contributed by atoms with van der Waals surface area (Å²) in [5.41, 5.74) is 10.8. The number of rotatable bonds is 2. The van der Waals surface area contributed by atoms with E-state index < -0.39 is 0 Å². The number of benzene rings is 2. The summed E-state index contributed by atoms with van der Waals surface area (Å²) in [6, 6.07) is 8.81. The molecular formula is C19H25N. The predicted octanol–water partition coefficient (Wildman–Crippen LogP) is 5.31. The Kier molecular flexibility index (Phi) is 3.89. The Bertz CT molecular complexity index is 653. The van der Waals surface area contributed by atoms with Crippen molar-refractivity contribution in [3.63, 3.8) is 0 Å². The van der Waals surface area contributed by atoms with E-state index in [1.807, 2.05) is 0 Å². The minimum absolute atomic E-state index is 1.29. The maximum Gasteiger partial charge on any atom is 0.0470 e. The van der Waals surface area contributed by atoms with Gasteiger partial charge in [-0.25, -0.2) is 0 Å². The molecular weight excluding hydrogens is 242 g/mol. The van der Waals surface area contributed by atoms with Gasteiger partial charge in [-0.05, 0) is 81.0 Å². The van der Waals surface area contributed by atoms with E-state index in [0.717, 1.165) is 0 Å². The van der Waals surface area contributed by atoms with Crippen LogP contribution < -0.4 is 4.90 Å². The minimum atomic E-state index is 1.29. The monoisotopic (exact) mass is 267 g/mol. The van der Waals surface area contributed by atoms with E-state index in [-0.39, 0.29) is 0 Å². The first-order valence-electron chi connectivity index (χ1n) is 7.22. The minimum Gasteiger partial charge on any atom is -0.344 e. The molecule has 0 fully saturated rings. The zero-order valence-corrected chi connectivity index (χ0v) is 13.8. The van der Waals surface area contributed by atoms with Crippen molar-refractivity contribution in [1.82, 2.24) is 0 Å². The molecule has 2 aromatic carbocycles. The molecule has 0 saturated carbocycles. The zero-order chi connectivity index (χ0) is 15.0. The van der Waals surface area contributed by atoms with Crippen molar-refractivity contribution < 1.29 is 0 Å². The zero-order valence-electron chi connectivity index (χ0n) is 13.8. The Hall–Kier alpha value is -1.76. The topological polar surface area (TPSA) is 3.24 Å². The molecule has 20 heavy (non-hydrogen) atoms. The second-order valence-electron chi connectivity index (χ2n) is 5.89. The molecule has 2 aromatic rings. The van der Waals surface area contributed by atoms with Crippen molar-refractivity contribution >= 4 is 11.4 Å². The molecule has 0 aliphatic heterocycles. The fourth-order valence-electron chi connectivity index (χ4n) is 3.01. The lowest BCUT2D eigenvalue weighted by molar-refractivity contribution is 1.11. The molecule has 0 atom stereocenters. The third kappa shape index (κ3) is 2.33. The van der Waals surface area contributed by atoms with Gasteiger partial charge in [-0.1, -0.05) is 18.2 Å². The first-order valence-corrected chi connectivity index (χ1v) is 7.22. The molecule has 0 heterocycles. The van der Waals surface area contributed by atoms with Crippen LogP contribution in [0, 0.1) is 41.5 Å². The Balaban J connectivity index is 2.63. The van der Waals surface area contributed by atoms with Gasteiger partial charge >= 0.3 is 0 Å². The molecule has 0 aliphatic rings. The second kappa shape index (κ2) is 5.32. The second-order valence-corrected chi connectivity index (χ2v) is 5.89. The van der Waals surface area contributed by atoms with E-state index in [9.17, 15) is 0 Å². The summed E-state index contributed by atoms with van der Waals surface area (Å²) in [5.74, 6) is 0. The van der Waals surface area contributed by atoms with Gasteiger partial charge in [0.25, 0.3) is 0 Å². The normalized spacial score (nSPS) is 10.8. The number of anilines is 2. The van der Waals surface area contributed by atoms with Crippen molar-refractivity contribution in [1.29, 1.82) is 0 Å². The average Bonchev–Trinajstić information content (AvgIpc) is 2.39. The highest BCUT2D eigenvalue weighted by Crippen LogP contribution is 2.35. The summed E-state index contributed by atoms with van der Waals surface area (Å²) in [5, 5.41) is 0. The summed E-state index contributed by atoms with van der Waals surface area (Å²) < 4.78 is 0. The molecule has 0 radical (unpaired) electrons. The third-order valence-electron chi connectivity index (χ3n) is 4.59. The van der Waals surface area contributed by atoms with Gasteiger partial charge in [-0.3, -0.25) is 0 Å². The lowest BCUT2D eigenvalue weighted by atomic mass is 9.97. The highest BCUT2D eigenvalue weighted by molar-refractivity contribution is 5.73. The largest absolute Gasteiger partial charge is 0.344 e. The van der Waals surface area contributed by atoms with Gasteiger partial charge < -0.3 is 4.90 Å². The molecule has 0 saturated heterocycles. The van der Waals surface area contributed by atoms with Crippen molar-refractivity contribution in [2.45, 2.75) is 41.5 Å². The number of aryl methyl sites for hydroxylation is 3. The summed E-state index contributed by atoms with van der Waals surface area (Å²) >= 11 is 0. The van der Waals surface area contributed by atoms with Crippen LogP contribution in [0.1, 0.15) is 33.4 Å². The van der Waals surface area contributed by atoms with E-state index in [1.54, 1.807) is 0 Å². The molecule has 0 spiro atoms. The van der Waals surface area contributed by atoms with Gasteiger partial charge in [-0.15, -0.1) is 0 Å². The van der Waals surface area contributed by atoms with E-state index in [1.165, 1.54) is 44.8 Å². The predicted molar refractivity (Wildman–Crippen MR) is 89.4 cm³/mol. The summed E-state index contributed by atoms with van der Waals surface area (Å²) in [6.45, 7) is 13.2. The summed E-state index contributed by atoms with van der Waals surface area (Å²) in [6.07, 6.45) is 0. The maximum absolute atomic E-state index is 2.33. The van der Waals surface area contributed by atoms with Crippen molar-refractivity contribution in [2.75, 3.05) is 11.9 Å². The Morgan fingerprint density at radius 2 is 1.35 bits per heavy atom. The van der Waals surface area contributed by atoms with Gasteiger partial charge in [0.1, 0.15) is 0 Å². The smallest absolute Gasteiger partial charge is 0.0470 e.